The van der Waals surface area contributed by atoms with E-state index in [9.17, 15) is 0 Å². The Morgan fingerprint density at radius 2 is 0.833 bits per heavy atom. The predicted molar refractivity (Wildman–Crippen MR) is 107 cm³/mol. The van der Waals surface area contributed by atoms with Crippen LogP contribution in [-0.4, -0.2) is 0 Å². The second-order valence-corrected chi connectivity index (χ2v) is 6.19. The Hall–Kier alpha value is -2.28. The van der Waals surface area contributed by atoms with Crippen LogP contribution in [0.2, 0.25) is 10.0 Å². The highest BCUT2D eigenvalue weighted by Gasteiger charge is 1.95. The monoisotopic (exact) mass is 350 g/mol. The van der Waals surface area contributed by atoms with E-state index in [0.29, 0.717) is 0 Å². The predicted octanol–water partition coefficient (Wildman–Crippen LogP) is 7.33. The molecule has 0 fully saturated rings. The van der Waals surface area contributed by atoms with Crippen molar-refractivity contribution in [3.8, 4) is 0 Å². The molecule has 2 heteroatoms. The molecule has 0 N–H and O–H groups in total. The normalized spacial score (nSPS) is 11.4. The minimum Gasteiger partial charge on any atom is -0.0837 e. The van der Waals surface area contributed by atoms with Gasteiger partial charge in [-0.3, -0.25) is 0 Å². The summed E-state index contributed by atoms with van der Waals surface area (Å²) in [5.41, 5.74) is 4.29. The van der Waals surface area contributed by atoms with E-state index in [1.54, 1.807) is 0 Å². The molecule has 0 spiro atoms. The minimum absolute atomic E-state index is 0.757. The van der Waals surface area contributed by atoms with Gasteiger partial charge in [0, 0.05) is 10.0 Å². The van der Waals surface area contributed by atoms with E-state index < -0.39 is 0 Å². The van der Waals surface area contributed by atoms with Gasteiger partial charge in [0.05, 0.1) is 0 Å². The summed E-state index contributed by atoms with van der Waals surface area (Å²) in [5, 5.41) is 1.51. The van der Waals surface area contributed by atoms with Crippen LogP contribution in [0.5, 0.6) is 0 Å². The van der Waals surface area contributed by atoms with E-state index in [1.165, 1.54) is 0 Å². The molecule has 0 aliphatic heterocycles. The highest BCUT2D eigenvalue weighted by molar-refractivity contribution is 6.32. The van der Waals surface area contributed by atoms with Crippen LogP contribution < -0.4 is 0 Å². The van der Waals surface area contributed by atoms with Crippen molar-refractivity contribution in [1.29, 1.82) is 0 Å². The summed E-state index contributed by atoms with van der Waals surface area (Å²) in [4.78, 5) is 0. The molecule has 0 amide bonds. The maximum absolute atomic E-state index is 6.16. The molecule has 0 aliphatic rings. The van der Waals surface area contributed by atoms with Crippen molar-refractivity contribution in [2.75, 3.05) is 0 Å². The van der Waals surface area contributed by atoms with E-state index in [4.69, 9.17) is 23.2 Å². The van der Waals surface area contributed by atoms with Crippen molar-refractivity contribution in [1.82, 2.24) is 0 Å². The molecular formula is C22H16Cl2. The van der Waals surface area contributed by atoms with E-state index in [1.807, 2.05) is 60.7 Å². The zero-order valence-electron chi connectivity index (χ0n) is 13.0. The van der Waals surface area contributed by atoms with E-state index >= 15 is 0 Å². The average molecular weight is 351 g/mol. The highest BCUT2D eigenvalue weighted by atomic mass is 35.5. The Morgan fingerprint density at radius 3 is 1.21 bits per heavy atom. The van der Waals surface area contributed by atoms with Gasteiger partial charge >= 0.3 is 0 Å². The Bertz CT molecular complexity index is 800. The number of benzene rings is 3. The summed E-state index contributed by atoms with van der Waals surface area (Å²) in [6.45, 7) is 0. The molecule has 0 unspecified atom stereocenters. The van der Waals surface area contributed by atoms with Crippen molar-refractivity contribution >= 4 is 47.5 Å². The lowest BCUT2D eigenvalue weighted by Crippen LogP contribution is -1.77. The zero-order chi connectivity index (χ0) is 16.8. The molecule has 0 aromatic heterocycles. The van der Waals surface area contributed by atoms with Gasteiger partial charge in [-0.2, -0.15) is 0 Å². The minimum atomic E-state index is 0.757. The SMILES string of the molecule is Clc1ccccc1/C=C/c1ccc(/C=C/c2ccccc2Cl)cc1. The maximum Gasteiger partial charge on any atom is 0.0478 e. The molecule has 24 heavy (non-hydrogen) atoms. The Balaban J connectivity index is 1.72. The van der Waals surface area contributed by atoms with Crippen LogP contribution in [0.4, 0.5) is 0 Å². The average Bonchev–Trinajstić information content (AvgIpc) is 2.61. The number of hydrogen-bond donors (Lipinski definition) is 0. The zero-order valence-corrected chi connectivity index (χ0v) is 14.5. The first-order chi connectivity index (χ1) is 11.7. The van der Waals surface area contributed by atoms with Gasteiger partial charge in [0.2, 0.25) is 0 Å². The van der Waals surface area contributed by atoms with E-state index in [0.717, 1.165) is 32.3 Å². The Kier molecular flexibility index (Phi) is 5.53. The number of halogens is 2. The third kappa shape index (κ3) is 4.38. The Morgan fingerprint density at radius 1 is 0.458 bits per heavy atom. The van der Waals surface area contributed by atoms with Gasteiger partial charge in [0.15, 0.2) is 0 Å². The second-order valence-electron chi connectivity index (χ2n) is 5.38. The van der Waals surface area contributed by atoms with Crippen LogP contribution in [0.3, 0.4) is 0 Å². The largest absolute Gasteiger partial charge is 0.0837 e. The first-order valence-corrected chi connectivity index (χ1v) is 8.43. The summed E-state index contributed by atoms with van der Waals surface area (Å²) in [6, 6.07) is 23.9. The first kappa shape index (κ1) is 16.6. The summed E-state index contributed by atoms with van der Waals surface area (Å²) in [6.07, 6.45) is 8.17. The summed E-state index contributed by atoms with van der Waals surface area (Å²) >= 11 is 12.3. The van der Waals surface area contributed by atoms with Gasteiger partial charge in [-0.1, -0.05) is 108 Å². The summed E-state index contributed by atoms with van der Waals surface area (Å²) in [7, 11) is 0. The van der Waals surface area contributed by atoms with Crippen LogP contribution in [0, 0.1) is 0 Å². The molecule has 0 saturated carbocycles. The fourth-order valence-corrected chi connectivity index (χ4v) is 2.71. The fraction of sp³-hybridized carbons (Fsp3) is 0. The van der Waals surface area contributed by atoms with Crippen LogP contribution in [0.1, 0.15) is 22.3 Å². The molecule has 118 valence electrons. The third-order valence-corrected chi connectivity index (χ3v) is 4.35. The van der Waals surface area contributed by atoms with Crippen LogP contribution in [0.25, 0.3) is 24.3 Å². The molecule has 3 aromatic carbocycles. The van der Waals surface area contributed by atoms with E-state index in [2.05, 4.69) is 36.4 Å². The van der Waals surface area contributed by atoms with Gasteiger partial charge in [0.1, 0.15) is 0 Å². The molecule has 0 aliphatic carbocycles. The van der Waals surface area contributed by atoms with E-state index in [-0.39, 0.29) is 0 Å². The molecule has 0 bridgehead atoms. The van der Waals surface area contributed by atoms with Crippen molar-refractivity contribution in [2.24, 2.45) is 0 Å². The molecule has 0 heterocycles. The summed E-state index contributed by atoms with van der Waals surface area (Å²) < 4.78 is 0. The topological polar surface area (TPSA) is 0 Å². The molecule has 0 radical (unpaired) electrons. The first-order valence-electron chi connectivity index (χ1n) is 7.68. The maximum atomic E-state index is 6.16. The van der Waals surface area contributed by atoms with Gasteiger partial charge in [-0.25, -0.2) is 0 Å². The molecule has 3 aromatic rings. The standard InChI is InChI=1S/C22H16Cl2/c23-21-7-3-1-5-19(21)15-13-17-9-11-18(12-10-17)14-16-20-6-2-4-8-22(20)24/h1-16H/b15-13+,16-14+. The number of rotatable bonds is 4. The highest BCUT2D eigenvalue weighted by Crippen LogP contribution is 2.20. The Labute approximate surface area is 152 Å². The van der Waals surface area contributed by atoms with Gasteiger partial charge < -0.3 is 0 Å². The van der Waals surface area contributed by atoms with Crippen LogP contribution >= 0.6 is 23.2 Å². The molecular weight excluding hydrogens is 335 g/mol. The van der Waals surface area contributed by atoms with Crippen molar-refractivity contribution in [2.45, 2.75) is 0 Å². The molecule has 0 saturated heterocycles. The van der Waals surface area contributed by atoms with Gasteiger partial charge in [0.25, 0.3) is 0 Å². The lowest BCUT2D eigenvalue weighted by Gasteiger charge is -1.99. The van der Waals surface area contributed by atoms with Crippen molar-refractivity contribution in [3.63, 3.8) is 0 Å². The molecule has 0 atom stereocenters. The van der Waals surface area contributed by atoms with Crippen molar-refractivity contribution < 1.29 is 0 Å². The van der Waals surface area contributed by atoms with Gasteiger partial charge in [-0.15, -0.1) is 0 Å². The second kappa shape index (κ2) is 8.01. The summed E-state index contributed by atoms with van der Waals surface area (Å²) in [5.74, 6) is 0. The van der Waals surface area contributed by atoms with Crippen molar-refractivity contribution in [3.05, 3.63) is 105 Å². The lowest BCUT2D eigenvalue weighted by molar-refractivity contribution is 1.61. The quantitative estimate of drug-likeness (QED) is 0.432. The van der Waals surface area contributed by atoms with Gasteiger partial charge in [-0.05, 0) is 34.4 Å². The lowest BCUT2D eigenvalue weighted by atomic mass is 10.1. The van der Waals surface area contributed by atoms with Crippen LogP contribution in [0.15, 0.2) is 72.8 Å². The molecule has 3 rings (SSSR count). The fourth-order valence-electron chi connectivity index (χ4n) is 2.31. The smallest absolute Gasteiger partial charge is 0.0478 e. The van der Waals surface area contributed by atoms with Crippen LogP contribution in [-0.2, 0) is 0 Å². The molecule has 0 nitrogen and oxygen atoms in total. The third-order valence-electron chi connectivity index (χ3n) is 3.66. The number of hydrogen-bond acceptors (Lipinski definition) is 0.